The number of hydrogen-bond donors (Lipinski definition) is 2. The number of rotatable bonds is 8. The summed E-state index contributed by atoms with van der Waals surface area (Å²) in [6, 6.07) is 13.6. The maximum Gasteiger partial charge on any atom is 0.149 e. The summed E-state index contributed by atoms with van der Waals surface area (Å²) in [7, 11) is 0. The third-order valence-electron chi connectivity index (χ3n) is 4.51. The van der Waals surface area contributed by atoms with Crippen LogP contribution in [0.1, 0.15) is 25.8 Å². The van der Waals surface area contributed by atoms with Crippen LogP contribution in [0.3, 0.4) is 0 Å². The lowest BCUT2D eigenvalue weighted by Gasteiger charge is -2.09. The summed E-state index contributed by atoms with van der Waals surface area (Å²) in [5, 5.41) is 7.36. The summed E-state index contributed by atoms with van der Waals surface area (Å²) in [6.07, 6.45) is 12.7. The van der Waals surface area contributed by atoms with Gasteiger partial charge in [0.1, 0.15) is 5.82 Å². The minimum absolute atomic E-state index is 0.658. The monoisotopic (exact) mass is 446 g/mol. The average molecular weight is 447 g/mol. The number of nitrogens with one attached hydrogen (secondary N) is 2. The van der Waals surface area contributed by atoms with E-state index in [1.54, 1.807) is 18.6 Å². The second-order valence-corrected chi connectivity index (χ2v) is 7.21. The Kier molecular flexibility index (Phi) is 8.95. The summed E-state index contributed by atoms with van der Waals surface area (Å²) in [5.74, 6) is 0.658. The molecular weight excluding hydrogens is 420 g/mol. The van der Waals surface area contributed by atoms with Crippen LogP contribution in [-0.2, 0) is 6.42 Å². The van der Waals surface area contributed by atoms with Crippen molar-refractivity contribution in [2.24, 2.45) is 0 Å². The predicted molar refractivity (Wildman–Crippen MR) is 132 cm³/mol. The normalized spacial score (nSPS) is 10.1. The van der Waals surface area contributed by atoms with Gasteiger partial charge in [-0.15, -0.1) is 0 Å². The molecule has 0 aliphatic carbocycles. The van der Waals surface area contributed by atoms with Gasteiger partial charge in [-0.25, -0.2) is 4.98 Å². The molecule has 3 aromatic heterocycles. The minimum Gasteiger partial charge on any atom is -0.384 e. The molecule has 164 valence electrons. The molecule has 0 saturated carbocycles. The molecule has 0 bridgehead atoms. The second-order valence-electron chi connectivity index (χ2n) is 6.77. The Morgan fingerprint density at radius 1 is 0.812 bits per heavy atom. The molecule has 0 amide bonds. The number of benzene rings is 1. The van der Waals surface area contributed by atoms with E-state index in [1.165, 1.54) is 5.56 Å². The van der Waals surface area contributed by atoms with Gasteiger partial charge in [0.15, 0.2) is 0 Å². The highest BCUT2D eigenvalue weighted by Crippen LogP contribution is 2.22. The lowest BCUT2D eigenvalue weighted by molar-refractivity contribution is 0.860. The summed E-state index contributed by atoms with van der Waals surface area (Å²) >= 11 is 5.94. The summed E-state index contributed by atoms with van der Waals surface area (Å²) < 4.78 is 0. The van der Waals surface area contributed by atoms with Crippen molar-refractivity contribution >= 4 is 28.8 Å². The Balaban J connectivity index is 0.00000141. The number of anilines is 3. The van der Waals surface area contributed by atoms with E-state index >= 15 is 0 Å². The van der Waals surface area contributed by atoms with Gasteiger partial charge in [0.25, 0.3) is 0 Å². The zero-order valence-corrected chi connectivity index (χ0v) is 19.0. The van der Waals surface area contributed by atoms with E-state index in [-0.39, 0.29) is 0 Å². The van der Waals surface area contributed by atoms with Crippen LogP contribution in [0.5, 0.6) is 0 Å². The Hall–Kier alpha value is -3.51. The Bertz CT molecular complexity index is 1090. The van der Waals surface area contributed by atoms with E-state index < -0.39 is 0 Å². The fourth-order valence-corrected chi connectivity index (χ4v) is 3.12. The third-order valence-corrected chi connectivity index (χ3v) is 4.76. The highest BCUT2D eigenvalue weighted by molar-refractivity contribution is 6.30. The fraction of sp³-hybridized carbons (Fsp3) is 0.200. The molecule has 0 atom stereocenters. The quantitative estimate of drug-likeness (QED) is 0.305. The van der Waals surface area contributed by atoms with Crippen molar-refractivity contribution < 1.29 is 0 Å². The molecule has 6 nitrogen and oxygen atoms in total. The highest BCUT2D eigenvalue weighted by Gasteiger charge is 2.05. The third kappa shape index (κ3) is 7.03. The van der Waals surface area contributed by atoms with Crippen molar-refractivity contribution in [2.45, 2.75) is 26.7 Å². The lowest BCUT2D eigenvalue weighted by Crippen LogP contribution is -2.04. The van der Waals surface area contributed by atoms with Crippen LogP contribution >= 0.6 is 11.6 Å². The van der Waals surface area contributed by atoms with Crippen LogP contribution in [0, 0.1) is 0 Å². The second kappa shape index (κ2) is 12.4. The van der Waals surface area contributed by atoms with E-state index in [0.717, 1.165) is 42.0 Å². The highest BCUT2D eigenvalue weighted by atomic mass is 35.5. The van der Waals surface area contributed by atoms with Gasteiger partial charge < -0.3 is 10.6 Å². The number of aryl methyl sites for hydroxylation is 1. The molecule has 0 saturated heterocycles. The van der Waals surface area contributed by atoms with Crippen molar-refractivity contribution in [2.75, 3.05) is 17.2 Å². The molecule has 0 radical (unpaired) electrons. The standard InChI is InChI=1S/C23H21ClN6.C2H6/c24-19-3-5-20(6-4-19)29-23-16-27-15-22(30-23)18-12-21(14-26-13-18)28-9-1-2-17-7-10-25-11-8-17;1-2/h3-8,10-16,28H,1-2,9H2,(H,29,30);1-2H3. The van der Waals surface area contributed by atoms with Gasteiger partial charge in [0.05, 0.1) is 23.8 Å². The van der Waals surface area contributed by atoms with E-state index in [0.29, 0.717) is 10.8 Å². The number of hydrogen-bond acceptors (Lipinski definition) is 6. The number of nitrogens with zero attached hydrogens (tertiary/aromatic N) is 4. The van der Waals surface area contributed by atoms with Crippen LogP contribution in [0.4, 0.5) is 17.2 Å². The lowest BCUT2D eigenvalue weighted by atomic mass is 10.1. The first-order chi connectivity index (χ1) is 15.8. The first kappa shape index (κ1) is 23.2. The zero-order valence-electron chi connectivity index (χ0n) is 18.3. The number of aromatic nitrogens is 4. The molecule has 0 spiro atoms. The summed E-state index contributed by atoms with van der Waals surface area (Å²) in [5.41, 5.74) is 4.80. The van der Waals surface area contributed by atoms with Crippen molar-refractivity contribution in [3.8, 4) is 11.3 Å². The molecule has 0 fully saturated rings. The Morgan fingerprint density at radius 3 is 2.34 bits per heavy atom. The molecule has 0 aliphatic rings. The van der Waals surface area contributed by atoms with Gasteiger partial charge in [-0.1, -0.05) is 25.4 Å². The molecular formula is C25H27ClN6. The Morgan fingerprint density at radius 2 is 1.56 bits per heavy atom. The van der Waals surface area contributed by atoms with E-state index in [9.17, 15) is 0 Å². The molecule has 0 aliphatic heterocycles. The predicted octanol–water partition coefficient (Wildman–Crippen LogP) is 6.40. The van der Waals surface area contributed by atoms with Crippen LogP contribution in [-0.4, -0.2) is 26.5 Å². The molecule has 4 rings (SSSR count). The first-order valence-electron chi connectivity index (χ1n) is 10.7. The maximum atomic E-state index is 5.94. The van der Waals surface area contributed by atoms with Crippen molar-refractivity contribution in [1.29, 1.82) is 0 Å². The SMILES string of the molecule is CC.Clc1ccc(Nc2cncc(-c3cncc(NCCCc4ccncc4)c3)n2)cc1. The van der Waals surface area contributed by atoms with Gasteiger partial charge in [-0.05, 0) is 60.9 Å². The van der Waals surface area contributed by atoms with E-state index in [2.05, 4.69) is 30.6 Å². The molecule has 0 unspecified atom stereocenters. The molecule has 3 heterocycles. The molecule has 4 aromatic rings. The zero-order chi connectivity index (χ0) is 22.6. The van der Waals surface area contributed by atoms with Crippen molar-refractivity contribution in [3.05, 3.63) is 90.2 Å². The Labute approximate surface area is 194 Å². The van der Waals surface area contributed by atoms with E-state index in [4.69, 9.17) is 11.6 Å². The fourth-order valence-electron chi connectivity index (χ4n) is 3.00. The minimum atomic E-state index is 0.658. The van der Waals surface area contributed by atoms with Crippen LogP contribution in [0.2, 0.25) is 5.02 Å². The summed E-state index contributed by atoms with van der Waals surface area (Å²) in [6.45, 7) is 4.86. The van der Waals surface area contributed by atoms with Crippen LogP contribution in [0.25, 0.3) is 11.3 Å². The van der Waals surface area contributed by atoms with Crippen LogP contribution in [0.15, 0.2) is 79.6 Å². The number of pyridine rings is 2. The first-order valence-corrected chi connectivity index (χ1v) is 11.1. The average Bonchev–Trinajstić information content (AvgIpc) is 2.86. The topological polar surface area (TPSA) is 75.6 Å². The van der Waals surface area contributed by atoms with Crippen molar-refractivity contribution in [3.63, 3.8) is 0 Å². The molecule has 1 aromatic carbocycles. The largest absolute Gasteiger partial charge is 0.384 e. The molecule has 2 N–H and O–H groups in total. The van der Waals surface area contributed by atoms with Gasteiger partial charge in [0.2, 0.25) is 0 Å². The summed E-state index contributed by atoms with van der Waals surface area (Å²) in [4.78, 5) is 17.4. The van der Waals surface area contributed by atoms with E-state index in [1.807, 2.05) is 74.9 Å². The smallest absolute Gasteiger partial charge is 0.149 e. The van der Waals surface area contributed by atoms with Gasteiger partial charge in [-0.2, -0.15) is 0 Å². The van der Waals surface area contributed by atoms with Gasteiger partial charge in [-0.3, -0.25) is 15.0 Å². The van der Waals surface area contributed by atoms with Crippen molar-refractivity contribution in [1.82, 2.24) is 19.9 Å². The molecule has 7 heteroatoms. The maximum absolute atomic E-state index is 5.94. The van der Waals surface area contributed by atoms with Gasteiger partial charge >= 0.3 is 0 Å². The number of halogens is 1. The molecule has 32 heavy (non-hydrogen) atoms. The van der Waals surface area contributed by atoms with Gasteiger partial charge in [0, 0.05) is 47.6 Å². The van der Waals surface area contributed by atoms with Crippen LogP contribution < -0.4 is 10.6 Å².